The summed E-state index contributed by atoms with van der Waals surface area (Å²) in [6.07, 6.45) is -4.79. The van der Waals surface area contributed by atoms with E-state index < -0.39 is 29.9 Å². The van der Waals surface area contributed by atoms with Gasteiger partial charge in [0.25, 0.3) is 0 Å². The van der Waals surface area contributed by atoms with Gasteiger partial charge >= 0.3 is 6.36 Å². The van der Waals surface area contributed by atoms with Crippen LogP contribution in [0.2, 0.25) is 0 Å². The van der Waals surface area contributed by atoms with Gasteiger partial charge in [-0.1, -0.05) is 12.1 Å². The van der Waals surface area contributed by atoms with Crippen molar-refractivity contribution in [1.29, 1.82) is 0 Å². The predicted octanol–water partition coefficient (Wildman–Crippen LogP) is 4.16. The van der Waals surface area contributed by atoms with Crippen LogP contribution in [0.4, 0.5) is 28.9 Å². The number of ether oxygens (including phenoxy) is 1. The van der Waals surface area contributed by atoms with Gasteiger partial charge in [0.05, 0.1) is 0 Å². The number of alkyl halides is 3. The van der Waals surface area contributed by atoms with Crippen LogP contribution in [0.1, 0.15) is 6.92 Å². The van der Waals surface area contributed by atoms with Crippen molar-refractivity contribution in [2.45, 2.75) is 19.3 Å². The van der Waals surface area contributed by atoms with E-state index in [1.54, 1.807) is 0 Å². The van der Waals surface area contributed by atoms with Crippen molar-refractivity contribution in [1.82, 2.24) is 0 Å². The molecule has 0 fully saturated rings. The van der Waals surface area contributed by atoms with E-state index in [0.29, 0.717) is 0 Å². The van der Waals surface area contributed by atoms with Gasteiger partial charge in [-0.05, 0) is 37.3 Å². The molecule has 0 saturated heterocycles. The van der Waals surface area contributed by atoms with Gasteiger partial charge in [0, 0.05) is 17.4 Å². The molecule has 0 saturated carbocycles. The first-order valence-corrected chi connectivity index (χ1v) is 6.92. The molecule has 0 unspecified atom stereocenters. The minimum absolute atomic E-state index is 0.277. The van der Waals surface area contributed by atoms with E-state index in [0.717, 1.165) is 18.2 Å². The fraction of sp³-hybridized carbons (Fsp3) is 0.188. The van der Waals surface area contributed by atoms with E-state index in [2.05, 4.69) is 15.4 Å². The maximum absolute atomic E-state index is 13.1. The average molecular weight is 342 g/mol. The number of hydrogen-bond donors (Lipinski definition) is 2. The van der Waals surface area contributed by atoms with Crippen LogP contribution in [0.5, 0.6) is 5.75 Å². The van der Waals surface area contributed by atoms with Crippen molar-refractivity contribution < 1.29 is 27.1 Å². The highest BCUT2D eigenvalue weighted by molar-refractivity contribution is 5.96. The third kappa shape index (κ3) is 5.45. The number of anilines is 2. The first kappa shape index (κ1) is 17.6. The molecule has 4 nitrogen and oxygen atoms in total. The first-order valence-electron chi connectivity index (χ1n) is 6.92. The number of carbonyl (C=O) groups is 1. The summed E-state index contributed by atoms with van der Waals surface area (Å²) in [5.41, 5.74) is 0.557. The van der Waals surface area contributed by atoms with Crippen molar-refractivity contribution in [3.05, 3.63) is 54.3 Å². The SMILES string of the molecule is C[C@H](Nc1cccc(OC(F)(F)F)c1)C(=O)Nc1cccc(F)c1. The standard InChI is InChI=1S/C16H14F4N2O2/c1-10(15(23)22-12-5-2-4-11(17)8-12)21-13-6-3-7-14(9-13)24-16(18,19)20/h2-10,21H,1H3,(H,22,23)/t10-/m0/s1. The van der Waals surface area contributed by atoms with Crippen LogP contribution in [0, 0.1) is 5.82 Å². The molecule has 0 bridgehead atoms. The molecule has 128 valence electrons. The molecule has 2 aromatic carbocycles. The van der Waals surface area contributed by atoms with E-state index in [-0.39, 0.29) is 11.4 Å². The molecule has 2 rings (SSSR count). The van der Waals surface area contributed by atoms with E-state index in [1.807, 2.05) is 0 Å². The third-order valence-corrected chi connectivity index (χ3v) is 2.94. The van der Waals surface area contributed by atoms with Crippen LogP contribution in [0.3, 0.4) is 0 Å². The molecule has 0 heterocycles. The molecule has 1 amide bonds. The van der Waals surface area contributed by atoms with Gasteiger partial charge in [-0.3, -0.25) is 4.79 Å². The minimum Gasteiger partial charge on any atom is -0.406 e. The maximum atomic E-state index is 13.1. The summed E-state index contributed by atoms with van der Waals surface area (Å²) < 4.78 is 53.5. The van der Waals surface area contributed by atoms with Crippen molar-refractivity contribution in [2.75, 3.05) is 10.6 Å². The molecule has 24 heavy (non-hydrogen) atoms. The van der Waals surface area contributed by atoms with Gasteiger partial charge in [-0.2, -0.15) is 0 Å². The fourth-order valence-corrected chi connectivity index (χ4v) is 1.92. The number of nitrogens with one attached hydrogen (secondary N) is 2. The summed E-state index contributed by atoms with van der Waals surface area (Å²) in [5, 5.41) is 5.25. The zero-order valence-electron chi connectivity index (χ0n) is 12.5. The highest BCUT2D eigenvalue weighted by Gasteiger charge is 2.31. The number of carbonyl (C=O) groups excluding carboxylic acids is 1. The Balaban J connectivity index is 1.99. The Labute approximate surface area is 135 Å². The normalized spacial score (nSPS) is 12.4. The number of rotatable bonds is 5. The Hall–Kier alpha value is -2.77. The second kappa shape index (κ2) is 7.20. The Morgan fingerprint density at radius 3 is 2.42 bits per heavy atom. The predicted molar refractivity (Wildman–Crippen MR) is 81.2 cm³/mol. The monoisotopic (exact) mass is 342 g/mol. The summed E-state index contributed by atoms with van der Waals surface area (Å²) in [6, 6.07) is 9.72. The van der Waals surface area contributed by atoms with Crippen LogP contribution in [-0.2, 0) is 4.79 Å². The molecular weight excluding hydrogens is 328 g/mol. The molecular formula is C16H14F4N2O2. The number of halogens is 4. The van der Waals surface area contributed by atoms with Crippen molar-refractivity contribution in [2.24, 2.45) is 0 Å². The van der Waals surface area contributed by atoms with Crippen LogP contribution in [-0.4, -0.2) is 18.3 Å². The third-order valence-electron chi connectivity index (χ3n) is 2.94. The van der Waals surface area contributed by atoms with Gasteiger partial charge in [0.15, 0.2) is 0 Å². The maximum Gasteiger partial charge on any atom is 0.573 e. The lowest BCUT2D eigenvalue weighted by molar-refractivity contribution is -0.274. The van der Waals surface area contributed by atoms with Gasteiger partial charge in [-0.15, -0.1) is 13.2 Å². The lowest BCUT2D eigenvalue weighted by atomic mass is 10.2. The zero-order valence-corrected chi connectivity index (χ0v) is 12.5. The minimum atomic E-state index is -4.79. The van der Waals surface area contributed by atoms with E-state index in [1.165, 1.54) is 37.3 Å². The molecule has 0 aromatic heterocycles. The number of benzene rings is 2. The quantitative estimate of drug-likeness (QED) is 0.802. The molecule has 0 aliphatic rings. The van der Waals surface area contributed by atoms with Crippen molar-refractivity contribution >= 4 is 17.3 Å². The summed E-state index contributed by atoms with van der Waals surface area (Å²) in [4.78, 5) is 12.0. The Morgan fingerprint density at radius 1 is 1.08 bits per heavy atom. The second-order valence-electron chi connectivity index (χ2n) is 4.94. The lowest BCUT2D eigenvalue weighted by Crippen LogP contribution is -2.31. The highest BCUT2D eigenvalue weighted by atomic mass is 19.4. The molecule has 1 atom stereocenters. The van der Waals surface area contributed by atoms with Gasteiger partial charge in [-0.25, -0.2) is 4.39 Å². The Morgan fingerprint density at radius 2 is 1.75 bits per heavy atom. The zero-order chi connectivity index (χ0) is 17.7. The molecule has 2 N–H and O–H groups in total. The molecule has 0 spiro atoms. The topological polar surface area (TPSA) is 50.4 Å². The van der Waals surface area contributed by atoms with Gasteiger partial charge in [0.1, 0.15) is 17.6 Å². The van der Waals surface area contributed by atoms with Crippen LogP contribution >= 0.6 is 0 Å². The first-order chi connectivity index (χ1) is 11.2. The Kier molecular flexibility index (Phi) is 5.28. The summed E-state index contributed by atoms with van der Waals surface area (Å²) in [5.74, 6) is -1.36. The van der Waals surface area contributed by atoms with Crippen LogP contribution < -0.4 is 15.4 Å². The Bertz CT molecular complexity index is 719. The highest BCUT2D eigenvalue weighted by Crippen LogP contribution is 2.25. The molecule has 0 radical (unpaired) electrons. The molecule has 2 aromatic rings. The lowest BCUT2D eigenvalue weighted by Gasteiger charge is -2.16. The summed E-state index contributed by atoms with van der Waals surface area (Å²) in [7, 11) is 0. The van der Waals surface area contributed by atoms with Gasteiger partial charge in [0.2, 0.25) is 5.91 Å². The largest absolute Gasteiger partial charge is 0.573 e. The summed E-state index contributed by atoms with van der Waals surface area (Å²) in [6.45, 7) is 1.52. The average Bonchev–Trinajstić information content (AvgIpc) is 2.45. The molecule has 8 heteroatoms. The molecule has 0 aliphatic carbocycles. The van der Waals surface area contributed by atoms with E-state index >= 15 is 0 Å². The number of amides is 1. The van der Waals surface area contributed by atoms with Crippen molar-refractivity contribution in [3.63, 3.8) is 0 Å². The summed E-state index contributed by atoms with van der Waals surface area (Å²) >= 11 is 0. The van der Waals surface area contributed by atoms with Crippen LogP contribution in [0.25, 0.3) is 0 Å². The second-order valence-corrected chi connectivity index (χ2v) is 4.94. The van der Waals surface area contributed by atoms with E-state index in [9.17, 15) is 22.4 Å². The van der Waals surface area contributed by atoms with E-state index in [4.69, 9.17) is 0 Å². The molecule has 0 aliphatic heterocycles. The van der Waals surface area contributed by atoms with Crippen molar-refractivity contribution in [3.8, 4) is 5.75 Å². The van der Waals surface area contributed by atoms with Gasteiger partial charge < -0.3 is 15.4 Å². The number of hydrogen-bond acceptors (Lipinski definition) is 3. The fourth-order valence-electron chi connectivity index (χ4n) is 1.92. The van der Waals surface area contributed by atoms with Crippen LogP contribution in [0.15, 0.2) is 48.5 Å². The smallest absolute Gasteiger partial charge is 0.406 e.